The average molecular weight is 263 g/mol. The first kappa shape index (κ1) is 17.3. The van der Waals surface area contributed by atoms with E-state index in [9.17, 15) is 4.79 Å². The molecule has 1 amide bonds. The van der Waals surface area contributed by atoms with E-state index in [0.29, 0.717) is 39.4 Å². The van der Waals surface area contributed by atoms with Crippen LogP contribution >= 0.6 is 0 Å². The molecule has 1 N–H and O–H groups in total. The number of aliphatic hydroxyl groups is 1. The van der Waals surface area contributed by atoms with Crippen LogP contribution in [0.3, 0.4) is 0 Å². The van der Waals surface area contributed by atoms with Crippen molar-refractivity contribution in [2.24, 2.45) is 0 Å². The Balaban J connectivity index is 3.66. The van der Waals surface area contributed by atoms with Crippen LogP contribution in [-0.4, -0.2) is 68.8 Å². The Morgan fingerprint density at radius 2 is 1.89 bits per heavy atom. The molecule has 0 aliphatic carbocycles. The maximum absolute atomic E-state index is 11.5. The van der Waals surface area contributed by atoms with Gasteiger partial charge in [-0.15, -0.1) is 0 Å². The van der Waals surface area contributed by atoms with E-state index in [1.165, 1.54) is 4.90 Å². The number of carbonyl (C=O) groups is 1. The number of aliphatic hydroxyl groups excluding tert-OH is 1. The largest absolute Gasteiger partial charge is 0.395 e. The molecule has 0 saturated heterocycles. The number of hydrogen-bond acceptors (Lipinski definition) is 5. The van der Waals surface area contributed by atoms with Gasteiger partial charge in [-0.25, -0.2) is 0 Å². The van der Waals surface area contributed by atoms with Gasteiger partial charge in [-0.1, -0.05) is 0 Å². The number of likely N-dealkylation sites (N-methyl/N-ethyl adjacent to an activating group) is 1. The second kappa shape index (κ2) is 11.4. The minimum absolute atomic E-state index is 0.0279. The summed E-state index contributed by atoms with van der Waals surface area (Å²) in [5.74, 6) is -0.0478. The third-order valence-electron chi connectivity index (χ3n) is 2.28. The van der Waals surface area contributed by atoms with E-state index in [2.05, 4.69) is 0 Å². The molecule has 0 unspecified atom stereocenters. The Bertz CT molecular complexity index is 207. The SMILES string of the molecule is CCOC(COCCC(=O)N(C)CCO)OCC. The molecule has 0 aromatic rings. The summed E-state index contributed by atoms with van der Waals surface area (Å²) in [6.07, 6.45) is -0.0770. The van der Waals surface area contributed by atoms with Crippen LogP contribution in [0.15, 0.2) is 0 Å². The fourth-order valence-corrected chi connectivity index (χ4v) is 1.32. The molecule has 0 aromatic heterocycles. The summed E-state index contributed by atoms with van der Waals surface area (Å²) >= 11 is 0. The van der Waals surface area contributed by atoms with E-state index in [1.54, 1.807) is 7.05 Å². The first-order valence-corrected chi connectivity index (χ1v) is 6.31. The van der Waals surface area contributed by atoms with Crippen molar-refractivity contribution < 1.29 is 24.1 Å². The molecule has 0 aromatic carbocycles. The number of nitrogens with zero attached hydrogens (tertiary/aromatic N) is 1. The lowest BCUT2D eigenvalue weighted by Crippen LogP contribution is -2.30. The molecule has 0 atom stereocenters. The first-order valence-electron chi connectivity index (χ1n) is 6.31. The van der Waals surface area contributed by atoms with Gasteiger partial charge in [0, 0.05) is 26.8 Å². The van der Waals surface area contributed by atoms with Crippen molar-refractivity contribution in [1.82, 2.24) is 4.90 Å². The third kappa shape index (κ3) is 8.41. The first-order chi connectivity index (χ1) is 8.65. The lowest BCUT2D eigenvalue weighted by Gasteiger charge is -2.18. The van der Waals surface area contributed by atoms with Gasteiger partial charge in [0.05, 0.1) is 26.2 Å². The third-order valence-corrected chi connectivity index (χ3v) is 2.28. The maximum atomic E-state index is 11.5. The van der Waals surface area contributed by atoms with Crippen LogP contribution in [0.2, 0.25) is 0 Å². The zero-order chi connectivity index (χ0) is 13.8. The monoisotopic (exact) mass is 263 g/mol. The molecular formula is C12H25NO5. The molecule has 6 nitrogen and oxygen atoms in total. The summed E-state index contributed by atoms with van der Waals surface area (Å²) in [6, 6.07) is 0. The molecule has 0 heterocycles. The highest BCUT2D eigenvalue weighted by Gasteiger charge is 2.10. The highest BCUT2D eigenvalue weighted by molar-refractivity contribution is 5.75. The van der Waals surface area contributed by atoms with E-state index in [4.69, 9.17) is 19.3 Å². The predicted molar refractivity (Wildman–Crippen MR) is 67.2 cm³/mol. The molecule has 6 heteroatoms. The molecule has 0 fully saturated rings. The van der Waals surface area contributed by atoms with Crippen molar-refractivity contribution >= 4 is 5.91 Å². The molecule has 0 aliphatic rings. The van der Waals surface area contributed by atoms with Gasteiger partial charge in [-0.2, -0.15) is 0 Å². The molecular weight excluding hydrogens is 238 g/mol. The molecule has 0 radical (unpaired) electrons. The maximum Gasteiger partial charge on any atom is 0.224 e. The van der Waals surface area contributed by atoms with Gasteiger partial charge in [-0.05, 0) is 13.8 Å². The zero-order valence-corrected chi connectivity index (χ0v) is 11.6. The number of ether oxygens (including phenoxy) is 3. The normalized spacial score (nSPS) is 10.9. The summed E-state index contributed by atoms with van der Waals surface area (Å²) in [4.78, 5) is 13.0. The van der Waals surface area contributed by atoms with Crippen molar-refractivity contribution in [3.05, 3.63) is 0 Å². The number of amides is 1. The molecule has 0 spiro atoms. The zero-order valence-electron chi connectivity index (χ0n) is 11.6. The summed E-state index contributed by atoms with van der Waals surface area (Å²) in [6.45, 7) is 5.86. The minimum Gasteiger partial charge on any atom is -0.395 e. The quantitative estimate of drug-likeness (QED) is 0.427. The highest BCUT2D eigenvalue weighted by Crippen LogP contribution is 1.98. The smallest absolute Gasteiger partial charge is 0.224 e. The van der Waals surface area contributed by atoms with Gasteiger partial charge >= 0.3 is 0 Å². The van der Waals surface area contributed by atoms with Gasteiger partial charge in [0.15, 0.2) is 6.29 Å². The lowest BCUT2D eigenvalue weighted by atomic mass is 10.4. The second-order valence-corrected chi connectivity index (χ2v) is 3.70. The molecule has 18 heavy (non-hydrogen) atoms. The fraction of sp³-hybridized carbons (Fsp3) is 0.917. The van der Waals surface area contributed by atoms with Gasteiger partial charge in [0.2, 0.25) is 5.91 Å². The fourth-order valence-electron chi connectivity index (χ4n) is 1.32. The average Bonchev–Trinajstić information content (AvgIpc) is 2.35. The lowest BCUT2D eigenvalue weighted by molar-refractivity contribution is -0.168. The number of carbonyl (C=O) groups excluding carboxylic acids is 1. The summed E-state index contributed by atoms with van der Waals surface area (Å²) in [5.41, 5.74) is 0. The van der Waals surface area contributed by atoms with Crippen molar-refractivity contribution in [2.45, 2.75) is 26.6 Å². The van der Waals surface area contributed by atoms with Crippen LogP contribution in [0.25, 0.3) is 0 Å². The molecule has 0 saturated carbocycles. The predicted octanol–water partition coefficient (Wildman–Crippen LogP) is 0.243. The van der Waals surface area contributed by atoms with Crippen molar-refractivity contribution in [3.8, 4) is 0 Å². The molecule has 0 aliphatic heterocycles. The van der Waals surface area contributed by atoms with Gasteiger partial charge < -0.3 is 24.2 Å². The van der Waals surface area contributed by atoms with Crippen molar-refractivity contribution in [1.29, 1.82) is 0 Å². The Morgan fingerprint density at radius 1 is 1.28 bits per heavy atom. The molecule has 0 rings (SSSR count). The van der Waals surface area contributed by atoms with E-state index in [0.717, 1.165) is 0 Å². The Morgan fingerprint density at radius 3 is 2.39 bits per heavy atom. The molecule has 108 valence electrons. The summed E-state index contributed by atoms with van der Waals surface area (Å²) in [7, 11) is 1.65. The number of rotatable bonds is 11. The van der Waals surface area contributed by atoms with Crippen LogP contribution in [-0.2, 0) is 19.0 Å². The van der Waals surface area contributed by atoms with Gasteiger partial charge in [0.1, 0.15) is 0 Å². The van der Waals surface area contributed by atoms with Crippen molar-refractivity contribution in [2.75, 3.05) is 46.6 Å². The van der Waals surface area contributed by atoms with Crippen LogP contribution in [0.1, 0.15) is 20.3 Å². The topological polar surface area (TPSA) is 68.2 Å². The van der Waals surface area contributed by atoms with Gasteiger partial charge in [0.25, 0.3) is 0 Å². The van der Waals surface area contributed by atoms with Crippen molar-refractivity contribution in [3.63, 3.8) is 0 Å². The van der Waals surface area contributed by atoms with Crippen LogP contribution in [0, 0.1) is 0 Å². The molecule has 0 bridgehead atoms. The van der Waals surface area contributed by atoms with Gasteiger partial charge in [-0.3, -0.25) is 4.79 Å². The standard InChI is InChI=1S/C12H25NO5/c1-4-17-12(18-5-2)10-16-9-6-11(15)13(3)7-8-14/h12,14H,4-10H2,1-3H3. The van der Waals surface area contributed by atoms with E-state index < -0.39 is 0 Å². The summed E-state index contributed by atoms with van der Waals surface area (Å²) < 4.78 is 15.9. The number of hydrogen-bond donors (Lipinski definition) is 1. The van der Waals surface area contributed by atoms with E-state index >= 15 is 0 Å². The van der Waals surface area contributed by atoms with Crippen LogP contribution in [0.4, 0.5) is 0 Å². The minimum atomic E-state index is -0.370. The Labute approximate surface area is 109 Å². The second-order valence-electron chi connectivity index (χ2n) is 3.70. The van der Waals surface area contributed by atoms with Crippen LogP contribution in [0.5, 0.6) is 0 Å². The Kier molecular flexibility index (Phi) is 11.0. The van der Waals surface area contributed by atoms with Crippen LogP contribution < -0.4 is 0 Å². The Hall–Kier alpha value is -0.690. The van der Waals surface area contributed by atoms with E-state index in [1.807, 2.05) is 13.8 Å². The van der Waals surface area contributed by atoms with E-state index in [-0.39, 0.29) is 18.8 Å². The highest BCUT2D eigenvalue weighted by atomic mass is 16.7. The summed E-state index contributed by atoms with van der Waals surface area (Å²) in [5, 5.41) is 8.69.